The molecule has 0 spiro atoms. The van der Waals surface area contributed by atoms with E-state index in [-0.39, 0.29) is 24.3 Å². The largest absolute Gasteiger partial charge is 0.469 e. The number of nitrogens with zero attached hydrogens (tertiary/aromatic N) is 2. The first-order valence-electron chi connectivity index (χ1n) is 10.5. The van der Waals surface area contributed by atoms with Crippen LogP contribution in [0.4, 0.5) is 0 Å². The number of ether oxygens (including phenoxy) is 1. The summed E-state index contributed by atoms with van der Waals surface area (Å²) < 4.78 is 4.86. The number of methoxy groups -OCH3 is 1. The molecule has 1 atom stereocenters. The summed E-state index contributed by atoms with van der Waals surface area (Å²) in [5.41, 5.74) is 1.30. The van der Waals surface area contributed by atoms with Crippen LogP contribution in [0, 0.1) is 0 Å². The lowest BCUT2D eigenvalue weighted by Gasteiger charge is -2.39. The monoisotopic (exact) mass is 387 g/mol. The minimum Gasteiger partial charge on any atom is -0.469 e. The fourth-order valence-corrected chi connectivity index (χ4v) is 4.25. The van der Waals surface area contributed by atoms with Gasteiger partial charge in [-0.25, -0.2) is 0 Å². The lowest BCUT2D eigenvalue weighted by Crippen LogP contribution is -2.56. The number of nitrogens with one attached hydrogen (secondary N) is 1. The molecule has 1 saturated carbocycles. The summed E-state index contributed by atoms with van der Waals surface area (Å²) in [5, 5.41) is 3.19. The van der Waals surface area contributed by atoms with Crippen molar-refractivity contribution in [3.05, 3.63) is 35.9 Å². The minimum absolute atomic E-state index is 0.0196. The molecule has 154 valence electrons. The number of piperazine rings is 1. The normalized spacial score (nSPS) is 20.5. The van der Waals surface area contributed by atoms with Crippen LogP contribution in [0.15, 0.2) is 30.3 Å². The van der Waals surface area contributed by atoms with Gasteiger partial charge in [0, 0.05) is 38.8 Å². The number of esters is 1. The van der Waals surface area contributed by atoms with E-state index in [1.54, 1.807) is 0 Å². The second-order valence-corrected chi connectivity index (χ2v) is 7.94. The molecule has 0 bridgehead atoms. The van der Waals surface area contributed by atoms with Crippen molar-refractivity contribution in [3.8, 4) is 0 Å². The van der Waals surface area contributed by atoms with Crippen LogP contribution in [0.5, 0.6) is 0 Å². The fraction of sp³-hybridized carbons (Fsp3) is 0.636. The third-order valence-corrected chi connectivity index (χ3v) is 5.94. The van der Waals surface area contributed by atoms with Gasteiger partial charge in [-0.3, -0.25) is 19.4 Å². The Hall–Kier alpha value is -1.92. The highest BCUT2D eigenvalue weighted by Gasteiger charge is 2.32. The van der Waals surface area contributed by atoms with Gasteiger partial charge in [0.1, 0.15) is 0 Å². The Morgan fingerprint density at radius 1 is 1.07 bits per heavy atom. The Labute approximate surface area is 168 Å². The molecule has 1 amide bonds. The Morgan fingerprint density at radius 2 is 1.75 bits per heavy atom. The van der Waals surface area contributed by atoms with Crippen LogP contribution in [-0.4, -0.2) is 67.0 Å². The summed E-state index contributed by atoms with van der Waals surface area (Å²) in [6.45, 7) is 4.27. The lowest BCUT2D eigenvalue weighted by molar-refractivity contribution is -0.145. The van der Waals surface area contributed by atoms with Crippen molar-refractivity contribution in [2.24, 2.45) is 0 Å². The first kappa shape index (κ1) is 20.8. The molecule has 0 radical (unpaired) electrons. The van der Waals surface area contributed by atoms with Gasteiger partial charge in [-0.05, 0) is 18.4 Å². The molecule has 3 rings (SSSR count). The molecule has 2 fully saturated rings. The van der Waals surface area contributed by atoms with Gasteiger partial charge in [-0.2, -0.15) is 0 Å². The molecule has 6 heteroatoms. The van der Waals surface area contributed by atoms with E-state index in [2.05, 4.69) is 39.4 Å². The van der Waals surface area contributed by atoms with Gasteiger partial charge in [0.2, 0.25) is 5.91 Å². The van der Waals surface area contributed by atoms with Gasteiger partial charge in [-0.15, -0.1) is 0 Å². The molecule has 6 nitrogen and oxygen atoms in total. The second-order valence-electron chi connectivity index (χ2n) is 7.94. The third-order valence-electron chi connectivity index (χ3n) is 5.94. The standard InChI is InChI=1S/C22H33N3O3/c1-28-21(26)16-20(22(27)23-19-10-6-3-7-11-19)25-14-12-24(13-15-25)17-18-8-4-2-5-9-18/h2,4-5,8-9,19-20H,3,6-7,10-17H2,1H3,(H,23,27)/t20-/m0/s1. The Balaban J connectivity index is 1.56. The van der Waals surface area contributed by atoms with E-state index in [4.69, 9.17) is 4.74 Å². The molecular formula is C22H33N3O3. The fourth-order valence-electron chi connectivity index (χ4n) is 4.25. The third kappa shape index (κ3) is 6.04. The molecule has 1 aromatic carbocycles. The highest BCUT2D eigenvalue weighted by atomic mass is 16.5. The molecule has 1 aromatic rings. The van der Waals surface area contributed by atoms with Crippen molar-refractivity contribution >= 4 is 11.9 Å². The molecular weight excluding hydrogens is 354 g/mol. The topological polar surface area (TPSA) is 61.9 Å². The van der Waals surface area contributed by atoms with Crippen LogP contribution >= 0.6 is 0 Å². The molecule has 2 aliphatic rings. The van der Waals surface area contributed by atoms with Crippen molar-refractivity contribution in [1.29, 1.82) is 0 Å². The molecule has 1 saturated heterocycles. The molecule has 1 aliphatic carbocycles. The Bertz CT molecular complexity index is 623. The van der Waals surface area contributed by atoms with E-state index in [0.29, 0.717) is 0 Å². The Morgan fingerprint density at radius 3 is 2.39 bits per heavy atom. The van der Waals surface area contributed by atoms with Crippen LogP contribution in [0.3, 0.4) is 0 Å². The van der Waals surface area contributed by atoms with E-state index >= 15 is 0 Å². The van der Waals surface area contributed by atoms with Crippen molar-refractivity contribution in [2.75, 3.05) is 33.3 Å². The number of carbonyl (C=O) groups excluding carboxylic acids is 2. The van der Waals surface area contributed by atoms with Gasteiger partial charge in [-0.1, -0.05) is 49.6 Å². The van der Waals surface area contributed by atoms with Crippen molar-refractivity contribution in [1.82, 2.24) is 15.1 Å². The predicted molar refractivity (Wildman–Crippen MR) is 109 cm³/mol. The second kappa shape index (κ2) is 10.6. The van der Waals surface area contributed by atoms with E-state index in [9.17, 15) is 9.59 Å². The zero-order chi connectivity index (χ0) is 19.8. The predicted octanol–water partition coefficient (Wildman–Crippen LogP) is 2.18. The zero-order valence-corrected chi connectivity index (χ0v) is 16.9. The molecule has 28 heavy (non-hydrogen) atoms. The SMILES string of the molecule is COC(=O)C[C@@H](C(=O)NC1CCCCC1)N1CCN(Cc2ccccc2)CC1. The maximum absolute atomic E-state index is 13.0. The molecule has 0 aromatic heterocycles. The molecule has 0 unspecified atom stereocenters. The minimum atomic E-state index is -0.437. The van der Waals surface area contributed by atoms with Crippen LogP contribution in [-0.2, 0) is 20.9 Å². The average molecular weight is 388 g/mol. The average Bonchev–Trinajstić information content (AvgIpc) is 2.74. The van der Waals surface area contributed by atoms with Gasteiger partial charge in [0.15, 0.2) is 0 Å². The summed E-state index contributed by atoms with van der Waals surface area (Å²) in [6, 6.07) is 10.3. The number of hydrogen-bond acceptors (Lipinski definition) is 5. The highest BCUT2D eigenvalue weighted by Crippen LogP contribution is 2.19. The summed E-state index contributed by atoms with van der Waals surface area (Å²) in [4.78, 5) is 29.4. The summed E-state index contributed by atoms with van der Waals surface area (Å²) in [5.74, 6) is -0.343. The van der Waals surface area contributed by atoms with Crippen molar-refractivity contribution in [3.63, 3.8) is 0 Å². The summed E-state index contributed by atoms with van der Waals surface area (Å²) >= 11 is 0. The van der Waals surface area contributed by atoms with Crippen LogP contribution in [0.25, 0.3) is 0 Å². The first-order chi connectivity index (χ1) is 13.7. The number of amides is 1. The van der Waals surface area contributed by atoms with Gasteiger partial charge in [0.25, 0.3) is 0 Å². The van der Waals surface area contributed by atoms with Crippen LogP contribution in [0.2, 0.25) is 0 Å². The number of benzene rings is 1. The van der Waals surface area contributed by atoms with E-state index in [0.717, 1.165) is 45.6 Å². The molecule has 1 N–H and O–H groups in total. The number of hydrogen-bond donors (Lipinski definition) is 1. The molecule has 1 aliphatic heterocycles. The molecule has 1 heterocycles. The number of rotatable bonds is 7. The van der Waals surface area contributed by atoms with Gasteiger partial charge < -0.3 is 10.1 Å². The maximum Gasteiger partial charge on any atom is 0.307 e. The number of carbonyl (C=O) groups is 2. The lowest BCUT2D eigenvalue weighted by atomic mass is 9.95. The first-order valence-corrected chi connectivity index (χ1v) is 10.5. The van der Waals surface area contributed by atoms with E-state index in [1.165, 1.54) is 31.9 Å². The quantitative estimate of drug-likeness (QED) is 0.727. The Kier molecular flexibility index (Phi) is 7.86. The van der Waals surface area contributed by atoms with Crippen molar-refractivity contribution in [2.45, 2.75) is 57.2 Å². The zero-order valence-electron chi connectivity index (χ0n) is 16.9. The van der Waals surface area contributed by atoms with Gasteiger partial charge in [0.05, 0.1) is 19.6 Å². The van der Waals surface area contributed by atoms with Crippen LogP contribution in [0.1, 0.15) is 44.1 Å². The van der Waals surface area contributed by atoms with E-state index < -0.39 is 6.04 Å². The van der Waals surface area contributed by atoms with Crippen LogP contribution < -0.4 is 5.32 Å². The van der Waals surface area contributed by atoms with Crippen molar-refractivity contribution < 1.29 is 14.3 Å². The van der Waals surface area contributed by atoms with E-state index in [1.807, 2.05) is 6.07 Å². The smallest absolute Gasteiger partial charge is 0.307 e. The summed E-state index contributed by atoms with van der Waals surface area (Å²) in [7, 11) is 1.39. The maximum atomic E-state index is 13.0. The summed E-state index contributed by atoms with van der Waals surface area (Å²) in [6.07, 6.45) is 5.80. The van der Waals surface area contributed by atoms with Gasteiger partial charge >= 0.3 is 5.97 Å². The highest BCUT2D eigenvalue weighted by molar-refractivity contribution is 5.86.